The van der Waals surface area contributed by atoms with Crippen LogP contribution < -0.4 is 10.6 Å². The first-order chi connectivity index (χ1) is 14.8. The number of carbonyl (C=O) groups excluding carboxylic acids is 2. The number of carbonyl (C=O) groups is 2. The number of hydrogen-bond donors (Lipinski definition) is 2. The summed E-state index contributed by atoms with van der Waals surface area (Å²) in [4.78, 5) is 25.4. The minimum absolute atomic E-state index is 0.0711. The Labute approximate surface area is 187 Å². The lowest BCUT2D eigenvalue weighted by Crippen LogP contribution is -2.43. The van der Waals surface area contributed by atoms with Crippen LogP contribution >= 0.6 is 11.6 Å². The van der Waals surface area contributed by atoms with Gasteiger partial charge in [0.15, 0.2) is 0 Å². The second-order valence-electron chi connectivity index (χ2n) is 7.19. The molecule has 1 saturated heterocycles. The van der Waals surface area contributed by atoms with E-state index in [1.54, 1.807) is 30.3 Å². The van der Waals surface area contributed by atoms with Crippen molar-refractivity contribution in [3.63, 3.8) is 0 Å². The van der Waals surface area contributed by atoms with E-state index in [9.17, 15) is 18.0 Å². The minimum atomic E-state index is -3.73. The summed E-state index contributed by atoms with van der Waals surface area (Å²) in [5.41, 5.74) is 0.714. The number of nitrogens with one attached hydrogen (secondary N) is 2. The van der Waals surface area contributed by atoms with Gasteiger partial charge in [0.1, 0.15) is 0 Å². The molecule has 0 saturated carbocycles. The van der Waals surface area contributed by atoms with Gasteiger partial charge in [-0.3, -0.25) is 9.59 Å². The van der Waals surface area contributed by atoms with Crippen molar-refractivity contribution >= 4 is 39.1 Å². The Morgan fingerprint density at radius 1 is 1.16 bits per heavy atom. The molecule has 31 heavy (non-hydrogen) atoms. The van der Waals surface area contributed by atoms with Gasteiger partial charge in [-0.15, -0.1) is 6.58 Å². The molecule has 1 fully saturated rings. The molecule has 2 aromatic carbocycles. The Kier molecular flexibility index (Phi) is 7.48. The summed E-state index contributed by atoms with van der Waals surface area (Å²) in [6.07, 6.45) is 2.69. The monoisotopic (exact) mass is 461 g/mol. The first kappa shape index (κ1) is 23.0. The van der Waals surface area contributed by atoms with Gasteiger partial charge in [-0.25, -0.2) is 8.42 Å². The first-order valence-corrected chi connectivity index (χ1v) is 11.7. The second kappa shape index (κ2) is 10.1. The number of rotatable bonds is 7. The molecule has 164 valence electrons. The van der Waals surface area contributed by atoms with Gasteiger partial charge >= 0.3 is 0 Å². The maximum atomic E-state index is 13.0. The van der Waals surface area contributed by atoms with Crippen LogP contribution in [0.2, 0.25) is 5.02 Å². The van der Waals surface area contributed by atoms with E-state index in [0.29, 0.717) is 42.2 Å². The molecular weight excluding hydrogens is 438 g/mol. The molecule has 9 heteroatoms. The number of sulfonamides is 1. The SMILES string of the molecule is C=CCNC(=O)c1ccccc1NC(=O)C1CCCN(S(=O)(=O)c2ccc(Cl)cc2)C1. The first-order valence-electron chi connectivity index (χ1n) is 9.87. The molecule has 3 rings (SSSR count). The highest BCUT2D eigenvalue weighted by atomic mass is 35.5. The summed E-state index contributed by atoms with van der Waals surface area (Å²) in [7, 11) is -3.73. The Morgan fingerprint density at radius 3 is 2.58 bits per heavy atom. The summed E-state index contributed by atoms with van der Waals surface area (Å²) >= 11 is 5.86. The highest BCUT2D eigenvalue weighted by Crippen LogP contribution is 2.26. The van der Waals surface area contributed by atoms with Crippen molar-refractivity contribution < 1.29 is 18.0 Å². The van der Waals surface area contributed by atoms with Gasteiger partial charge in [0.05, 0.1) is 22.1 Å². The second-order valence-corrected chi connectivity index (χ2v) is 9.56. The molecule has 2 amide bonds. The molecule has 0 radical (unpaired) electrons. The Bertz CT molecular complexity index is 1070. The normalized spacial score (nSPS) is 17.0. The van der Waals surface area contributed by atoms with Crippen LogP contribution in [-0.2, 0) is 14.8 Å². The number of nitrogens with zero attached hydrogens (tertiary/aromatic N) is 1. The van der Waals surface area contributed by atoms with Crippen LogP contribution in [0.3, 0.4) is 0 Å². The zero-order valence-electron chi connectivity index (χ0n) is 16.9. The van der Waals surface area contributed by atoms with E-state index in [0.717, 1.165) is 0 Å². The average Bonchev–Trinajstić information content (AvgIpc) is 2.78. The predicted octanol–water partition coefficient (Wildman–Crippen LogP) is 3.30. The third kappa shape index (κ3) is 5.52. The van der Waals surface area contributed by atoms with Gasteiger partial charge in [0.25, 0.3) is 5.91 Å². The molecule has 7 nitrogen and oxygen atoms in total. The largest absolute Gasteiger partial charge is 0.349 e. The van der Waals surface area contributed by atoms with Gasteiger partial charge in [-0.2, -0.15) is 4.31 Å². The number of para-hydroxylation sites is 1. The fourth-order valence-corrected chi connectivity index (χ4v) is 5.07. The zero-order chi connectivity index (χ0) is 22.4. The third-order valence-corrected chi connectivity index (χ3v) is 7.17. The fourth-order valence-electron chi connectivity index (χ4n) is 3.42. The molecular formula is C22H24ClN3O4S. The van der Waals surface area contributed by atoms with E-state index in [4.69, 9.17) is 11.6 Å². The molecule has 2 aromatic rings. The number of piperidine rings is 1. The molecule has 1 unspecified atom stereocenters. The number of benzene rings is 2. The number of hydrogen-bond acceptors (Lipinski definition) is 4. The summed E-state index contributed by atoms with van der Waals surface area (Å²) in [6.45, 7) is 4.29. The van der Waals surface area contributed by atoms with E-state index in [2.05, 4.69) is 17.2 Å². The number of amides is 2. The zero-order valence-corrected chi connectivity index (χ0v) is 18.5. The van der Waals surface area contributed by atoms with Gasteiger partial charge < -0.3 is 10.6 Å². The van der Waals surface area contributed by atoms with Gasteiger partial charge in [0.2, 0.25) is 15.9 Å². The third-order valence-electron chi connectivity index (χ3n) is 5.04. The molecule has 1 heterocycles. The van der Waals surface area contributed by atoms with E-state index < -0.39 is 15.9 Å². The van der Waals surface area contributed by atoms with Crippen LogP contribution in [0.5, 0.6) is 0 Å². The molecule has 1 atom stereocenters. The topological polar surface area (TPSA) is 95.6 Å². The fraction of sp³-hybridized carbons (Fsp3) is 0.273. The molecule has 0 aromatic heterocycles. The lowest BCUT2D eigenvalue weighted by atomic mass is 9.98. The Morgan fingerprint density at radius 2 is 1.87 bits per heavy atom. The summed E-state index contributed by atoms with van der Waals surface area (Å²) in [6, 6.07) is 12.7. The number of halogens is 1. The van der Waals surface area contributed by atoms with Crippen molar-refractivity contribution in [3.8, 4) is 0 Å². The van der Waals surface area contributed by atoms with Gasteiger partial charge in [0, 0.05) is 24.7 Å². The molecule has 1 aliphatic rings. The van der Waals surface area contributed by atoms with E-state index in [-0.39, 0.29) is 23.3 Å². The summed E-state index contributed by atoms with van der Waals surface area (Å²) in [5.74, 6) is -1.17. The van der Waals surface area contributed by atoms with Crippen LogP contribution in [0.25, 0.3) is 0 Å². The van der Waals surface area contributed by atoms with E-state index in [1.165, 1.54) is 28.6 Å². The molecule has 0 bridgehead atoms. The predicted molar refractivity (Wildman–Crippen MR) is 121 cm³/mol. The van der Waals surface area contributed by atoms with Crippen LogP contribution in [0.4, 0.5) is 5.69 Å². The van der Waals surface area contributed by atoms with Crippen LogP contribution in [0.1, 0.15) is 23.2 Å². The highest BCUT2D eigenvalue weighted by molar-refractivity contribution is 7.89. The van der Waals surface area contributed by atoms with Crippen molar-refractivity contribution in [2.45, 2.75) is 17.7 Å². The smallest absolute Gasteiger partial charge is 0.253 e. The molecule has 0 aliphatic carbocycles. The van der Waals surface area contributed by atoms with Crippen LogP contribution in [0.15, 0.2) is 66.1 Å². The van der Waals surface area contributed by atoms with Gasteiger partial charge in [-0.05, 0) is 49.2 Å². The summed E-state index contributed by atoms with van der Waals surface area (Å²) < 4.78 is 27.2. The maximum absolute atomic E-state index is 13.0. The van der Waals surface area contributed by atoms with E-state index in [1.807, 2.05) is 0 Å². The van der Waals surface area contributed by atoms with Crippen molar-refractivity contribution in [3.05, 3.63) is 71.8 Å². The van der Waals surface area contributed by atoms with Crippen LogP contribution in [0, 0.1) is 5.92 Å². The summed E-state index contributed by atoms with van der Waals surface area (Å²) in [5, 5.41) is 5.93. The lowest BCUT2D eigenvalue weighted by Gasteiger charge is -2.31. The molecule has 1 aliphatic heterocycles. The minimum Gasteiger partial charge on any atom is -0.349 e. The van der Waals surface area contributed by atoms with E-state index >= 15 is 0 Å². The molecule has 0 spiro atoms. The molecule has 2 N–H and O–H groups in total. The van der Waals surface area contributed by atoms with Crippen molar-refractivity contribution in [2.24, 2.45) is 5.92 Å². The van der Waals surface area contributed by atoms with Gasteiger partial charge in [-0.1, -0.05) is 29.8 Å². The van der Waals surface area contributed by atoms with Crippen molar-refractivity contribution in [2.75, 3.05) is 25.0 Å². The quantitative estimate of drug-likeness (QED) is 0.618. The Balaban J connectivity index is 1.73. The lowest BCUT2D eigenvalue weighted by molar-refractivity contribution is -0.120. The average molecular weight is 462 g/mol. The van der Waals surface area contributed by atoms with Crippen LogP contribution in [-0.4, -0.2) is 44.2 Å². The Hall–Kier alpha value is -2.68. The highest BCUT2D eigenvalue weighted by Gasteiger charge is 2.33. The standard InChI is InChI=1S/C22H24ClN3O4S/c1-2-13-24-22(28)19-7-3-4-8-20(19)25-21(27)16-6-5-14-26(15-16)31(29,30)18-11-9-17(23)10-12-18/h2-4,7-12,16H,1,5-6,13-15H2,(H,24,28)(H,25,27). The van der Waals surface area contributed by atoms with Crippen molar-refractivity contribution in [1.29, 1.82) is 0 Å². The maximum Gasteiger partial charge on any atom is 0.253 e. The number of anilines is 1. The van der Waals surface area contributed by atoms with Crippen molar-refractivity contribution in [1.82, 2.24) is 9.62 Å².